The Hall–Kier alpha value is -1.68. The van der Waals surface area contributed by atoms with Crippen LogP contribution in [0.3, 0.4) is 0 Å². The molecule has 0 fully saturated rings. The van der Waals surface area contributed by atoms with Crippen molar-refractivity contribution in [1.29, 1.82) is 0 Å². The number of benzene rings is 1. The maximum atomic E-state index is 12.1. The second kappa shape index (κ2) is 5.78. The Morgan fingerprint density at radius 2 is 2.11 bits per heavy atom. The van der Waals surface area contributed by atoms with E-state index in [1.165, 1.54) is 18.1 Å². The summed E-state index contributed by atoms with van der Waals surface area (Å²) in [7, 11) is 0. The fourth-order valence-electron chi connectivity index (χ4n) is 1.62. The van der Waals surface area contributed by atoms with Crippen molar-refractivity contribution in [3.8, 4) is 0 Å². The lowest BCUT2D eigenvalue weighted by Gasteiger charge is -2.05. The summed E-state index contributed by atoms with van der Waals surface area (Å²) in [5.74, 6) is 0.543. The maximum absolute atomic E-state index is 12.1. The quantitative estimate of drug-likeness (QED) is 0.480. The predicted molar refractivity (Wildman–Crippen MR) is 73.0 cm³/mol. The number of aromatic nitrogens is 2. The third-order valence-electron chi connectivity index (χ3n) is 2.60. The average molecular weight is 258 g/mol. The Kier molecular flexibility index (Phi) is 4.10. The number of thioether (sulfide) groups is 1. The maximum Gasteiger partial charge on any atom is 0.173 e. The van der Waals surface area contributed by atoms with Gasteiger partial charge in [0.1, 0.15) is 6.33 Å². The molecule has 4 heteroatoms. The molecule has 1 aromatic carbocycles. The summed E-state index contributed by atoms with van der Waals surface area (Å²) in [5, 5.41) is 0.823. The van der Waals surface area contributed by atoms with E-state index < -0.39 is 0 Å². The summed E-state index contributed by atoms with van der Waals surface area (Å²) >= 11 is 1.44. The highest BCUT2D eigenvalue weighted by atomic mass is 32.2. The molecular weight excluding hydrogens is 244 g/mol. The number of ketones is 1. The van der Waals surface area contributed by atoms with E-state index in [0.29, 0.717) is 5.75 Å². The van der Waals surface area contributed by atoms with E-state index in [9.17, 15) is 4.79 Å². The van der Waals surface area contributed by atoms with Crippen LogP contribution >= 0.6 is 11.8 Å². The van der Waals surface area contributed by atoms with Gasteiger partial charge in [-0.05, 0) is 31.5 Å². The van der Waals surface area contributed by atoms with Gasteiger partial charge in [-0.1, -0.05) is 29.5 Å². The second-order valence-electron chi connectivity index (χ2n) is 4.08. The number of aryl methyl sites for hydroxylation is 2. The van der Waals surface area contributed by atoms with E-state index in [-0.39, 0.29) is 5.78 Å². The van der Waals surface area contributed by atoms with E-state index in [4.69, 9.17) is 0 Å². The Labute approximate surface area is 111 Å². The van der Waals surface area contributed by atoms with E-state index >= 15 is 0 Å². The minimum absolute atomic E-state index is 0.139. The van der Waals surface area contributed by atoms with Gasteiger partial charge in [0.2, 0.25) is 0 Å². The smallest absolute Gasteiger partial charge is 0.173 e. The first-order valence-electron chi connectivity index (χ1n) is 5.66. The monoisotopic (exact) mass is 258 g/mol. The number of hydrogen-bond donors (Lipinski definition) is 0. The number of hydrogen-bond acceptors (Lipinski definition) is 4. The molecule has 0 radical (unpaired) electrons. The first-order chi connectivity index (χ1) is 8.66. The Morgan fingerprint density at radius 1 is 1.28 bits per heavy atom. The minimum Gasteiger partial charge on any atom is -0.293 e. The van der Waals surface area contributed by atoms with Crippen LogP contribution in [-0.2, 0) is 0 Å². The van der Waals surface area contributed by atoms with Crippen molar-refractivity contribution >= 4 is 17.5 Å². The van der Waals surface area contributed by atoms with Gasteiger partial charge < -0.3 is 0 Å². The van der Waals surface area contributed by atoms with Crippen LogP contribution in [0.25, 0.3) is 0 Å². The molecule has 3 nitrogen and oxygen atoms in total. The molecule has 1 heterocycles. The van der Waals surface area contributed by atoms with Gasteiger partial charge >= 0.3 is 0 Å². The standard InChI is InChI=1S/C14H14N2OS/c1-10-3-4-11(2)12(7-10)13(17)8-18-14-5-6-15-9-16-14/h3-7,9H,8H2,1-2H3. The number of nitrogens with zero attached hydrogens (tertiary/aromatic N) is 2. The van der Waals surface area contributed by atoms with Gasteiger partial charge in [0.05, 0.1) is 10.8 Å². The molecule has 0 saturated carbocycles. The zero-order valence-corrected chi connectivity index (χ0v) is 11.2. The highest BCUT2D eigenvalue weighted by molar-refractivity contribution is 7.99. The number of Topliss-reactive ketones (excluding diaryl/α,β-unsaturated/α-hetero) is 1. The summed E-state index contributed by atoms with van der Waals surface area (Å²) < 4.78 is 0. The molecule has 92 valence electrons. The molecule has 2 aromatic rings. The lowest BCUT2D eigenvalue weighted by molar-refractivity contribution is 0.102. The van der Waals surface area contributed by atoms with Crippen LogP contribution in [0.5, 0.6) is 0 Å². The van der Waals surface area contributed by atoms with Crippen LogP contribution in [0.1, 0.15) is 21.5 Å². The van der Waals surface area contributed by atoms with Crippen molar-refractivity contribution < 1.29 is 4.79 Å². The SMILES string of the molecule is Cc1ccc(C)c(C(=O)CSc2ccncn2)c1. The van der Waals surface area contributed by atoms with Crippen molar-refractivity contribution in [3.05, 3.63) is 53.5 Å². The molecule has 0 spiro atoms. The van der Waals surface area contributed by atoms with Crippen molar-refractivity contribution in [1.82, 2.24) is 9.97 Å². The van der Waals surface area contributed by atoms with Crippen molar-refractivity contribution in [3.63, 3.8) is 0 Å². The van der Waals surface area contributed by atoms with Crippen molar-refractivity contribution in [2.75, 3.05) is 5.75 Å². The van der Waals surface area contributed by atoms with Gasteiger partial charge in [0.15, 0.2) is 5.78 Å². The van der Waals surface area contributed by atoms with Crippen LogP contribution in [-0.4, -0.2) is 21.5 Å². The molecule has 0 aliphatic rings. The van der Waals surface area contributed by atoms with Gasteiger partial charge in [0.25, 0.3) is 0 Å². The topological polar surface area (TPSA) is 42.9 Å². The molecule has 0 atom stereocenters. The summed E-state index contributed by atoms with van der Waals surface area (Å²) in [6, 6.07) is 7.75. The fourth-order valence-corrected chi connectivity index (χ4v) is 2.33. The zero-order valence-electron chi connectivity index (χ0n) is 10.4. The molecular formula is C14H14N2OS. The summed E-state index contributed by atoms with van der Waals surface area (Å²) in [6.07, 6.45) is 3.17. The van der Waals surface area contributed by atoms with E-state index in [0.717, 1.165) is 21.7 Å². The van der Waals surface area contributed by atoms with Crippen LogP contribution in [0.2, 0.25) is 0 Å². The van der Waals surface area contributed by atoms with Gasteiger partial charge in [-0.15, -0.1) is 0 Å². The van der Waals surface area contributed by atoms with Crippen LogP contribution in [0.4, 0.5) is 0 Å². The van der Waals surface area contributed by atoms with Gasteiger partial charge in [-0.25, -0.2) is 9.97 Å². The van der Waals surface area contributed by atoms with Crippen LogP contribution < -0.4 is 0 Å². The van der Waals surface area contributed by atoms with Gasteiger partial charge in [0, 0.05) is 11.8 Å². The fraction of sp³-hybridized carbons (Fsp3) is 0.214. The molecule has 0 unspecified atom stereocenters. The highest BCUT2D eigenvalue weighted by Crippen LogP contribution is 2.18. The molecule has 0 N–H and O–H groups in total. The van der Waals surface area contributed by atoms with Crippen LogP contribution in [0, 0.1) is 13.8 Å². The molecule has 0 aliphatic heterocycles. The molecule has 0 aliphatic carbocycles. The Morgan fingerprint density at radius 3 is 2.83 bits per heavy atom. The van der Waals surface area contributed by atoms with E-state index in [1.54, 1.807) is 12.3 Å². The van der Waals surface area contributed by atoms with Crippen molar-refractivity contribution in [2.45, 2.75) is 18.9 Å². The molecule has 1 aromatic heterocycles. The average Bonchev–Trinajstić information content (AvgIpc) is 2.40. The van der Waals surface area contributed by atoms with E-state index in [2.05, 4.69) is 9.97 Å². The number of rotatable bonds is 4. The summed E-state index contributed by atoms with van der Waals surface area (Å²) in [4.78, 5) is 20.1. The predicted octanol–water partition coefficient (Wildman–Crippen LogP) is 3.07. The van der Waals surface area contributed by atoms with Crippen LogP contribution in [0.15, 0.2) is 41.8 Å². The largest absolute Gasteiger partial charge is 0.293 e. The Balaban J connectivity index is 2.06. The lowest BCUT2D eigenvalue weighted by atomic mass is 10.0. The first kappa shape index (κ1) is 12.8. The van der Waals surface area contributed by atoms with Crippen molar-refractivity contribution in [2.24, 2.45) is 0 Å². The molecule has 0 saturated heterocycles. The third-order valence-corrected chi connectivity index (χ3v) is 3.54. The lowest BCUT2D eigenvalue weighted by Crippen LogP contribution is -2.05. The number of carbonyl (C=O) groups excluding carboxylic acids is 1. The molecule has 2 rings (SSSR count). The molecule has 0 bridgehead atoms. The molecule has 0 amide bonds. The molecule has 18 heavy (non-hydrogen) atoms. The minimum atomic E-state index is 0.139. The first-order valence-corrected chi connectivity index (χ1v) is 6.64. The highest BCUT2D eigenvalue weighted by Gasteiger charge is 2.10. The van der Waals surface area contributed by atoms with Gasteiger partial charge in [-0.2, -0.15) is 0 Å². The summed E-state index contributed by atoms with van der Waals surface area (Å²) in [6.45, 7) is 3.95. The number of carbonyl (C=O) groups is 1. The second-order valence-corrected chi connectivity index (χ2v) is 5.07. The van der Waals surface area contributed by atoms with E-state index in [1.807, 2.05) is 32.0 Å². The normalized spacial score (nSPS) is 10.3. The summed E-state index contributed by atoms with van der Waals surface area (Å²) in [5.41, 5.74) is 2.93. The Bertz CT molecular complexity index is 555. The zero-order chi connectivity index (χ0) is 13.0. The van der Waals surface area contributed by atoms with Gasteiger partial charge in [-0.3, -0.25) is 4.79 Å². The third kappa shape index (κ3) is 3.17.